The van der Waals surface area contributed by atoms with E-state index in [4.69, 9.17) is 19.7 Å². The van der Waals surface area contributed by atoms with Crippen molar-refractivity contribution in [3.05, 3.63) is 23.2 Å². The van der Waals surface area contributed by atoms with Crippen molar-refractivity contribution in [2.24, 2.45) is 5.84 Å². The van der Waals surface area contributed by atoms with Crippen LogP contribution in [0.25, 0.3) is 0 Å². The number of carbonyl (C=O) groups is 1. The van der Waals surface area contributed by atoms with E-state index in [1.165, 1.54) is 0 Å². The first-order chi connectivity index (χ1) is 9.58. The molecule has 1 aromatic heterocycles. The zero-order valence-corrected chi connectivity index (χ0v) is 12.0. The van der Waals surface area contributed by atoms with Gasteiger partial charge in [-0.1, -0.05) is 0 Å². The molecule has 112 valence electrons. The maximum atomic E-state index is 11.5. The van der Waals surface area contributed by atoms with E-state index in [0.29, 0.717) is 6.54 Å². The highest BCUT2D eigenvalue weighted by molar-refractivity contribution is 5.92. The summed E-state index contributed by atoms with van der Waals surface area (Å²) in [6, 6.07) is 1.85. The summed E-state index contributed by atoms with van der Waals surface area (Å²) in [6.07, 6.45) is 0.116. The molecular weight excluding hydrogens is 262 g/mol. The van der Waals surface area contributed by atoms with Crippen LogP contribution < -0.4 is 11.3 Å². The summed E-state index contributed by atoms with van der Waals surface area (Å²) in [5, 5.41) is 0. The number of methoxy groups -OCH3 is 2. The molecule has 1 aromatic rings. The van der Waals surface area contributed by atoms with Gasteiger partial charge in [0.15, 0.2) is 5.76 Å². The van der Waals surface area contributed by atoms with Gasteiger partial charge in [-0.05, 0) is 13.0 Å². The molecule has 0 saturated carbocycles. The molecule has 0 spiro atoms. The molecule has 2 atom stereocenters. The predicted octanol–water partition coefficient (Wildman–Crippen LogP) is 0.0371. The van der Waals surface area contributed by atoms with Crippen molar-refractivity contribution >= 4 is 5.91 Å². The van der Waals surface area contributed by atoms with Crippen molar-refractivity contribution < 1.29 is 18.7 Å². The van der Waals surface area contributed by atoms with E-state index in [9.17, 15) is 4.79 Å². The molecule has 7 heteroatoms. The van der Waals surface area contributed by atoms with E-state index in [0.717, 1.165) is 24.4 Å². The first-order valence-electron chi connectivity index (χ1n) is 6.47. The number of hydrogen-bond acceptors (Lipinski definition) is 6. The number of aryl methyl sites for hydroxylation is 1. The molecule has 2 heterocycles. The van der Waals surface area contributed by atoms with Gasteiger partial charge >= 0.3 is 5.91 Å². The lowest BCUT2D eigenvalue weighted by Gasteiger charge is -2.13. The fourth-order valence-corrected chi connectivity index (χ4v) is 2.54. The van der Waals surface area contributed by atoms with E-state index in [2.05, 4.69) is 10.3 Å². The molecular formula is C13H21N3O4. The highest BCUT2D eigenvalue weighted by Crippen LogP contribution is 2.21. The van der Waals surface area contributed by atoms with Crippen LogP contribution in [0, 0.1) is 6.92 Å². The van der Waals surface area contributed by atoms with Crippen LogP contribution in [-0.4, -0.2) is 50.3 Å². The second-order valence-corrected chi connectivity index (χ2v) is 4.94. The van der Waals surface area contributed by atoms with Gasteiger partial charge in [-0.3, -0.25) is 15.1 Å². The normalized spacial score (nSPS) is 23.2. The molecule has 2 unspecified atom stereocenters. The number of hydrogen-bond donors (Lipinski definition) is 2. The Morgan fingerprint density at radius 2 is 2.05 bits per heavy atom. The topological polar surface area (TPSA) is 90.0 Å². The van der Waals surface area contributed by atoms with Crippen molar-refractivity contribution in [3.8, 4) is 0 Å². The van der Waals surface area contributed by atoms with E-state index in [-0.39, 0.29) is 18.0 Å². The van der Waals surface area contributed by atoms with Crippen molar-refractivity contribution in [1.29, 1.82) is 0 Å². The molecule has 0 aliphatic carbocycles. The molecule has 1 saturated heterocycles. The first kappa shape index (κ1) is 15.0. The van der Waals surface area contributed by atoms with Crippen LogP contribution >= 0.6 is 0 Å². The van der Waals surface area contributed by atoms with Crippen LogP contribution in [0.5, 0.6) is 0 Å². The summed E-state index contributed by atoms with van der Waals surface area (Å²) in [6.45, 7) is 3.97. The lowest BCUT2D eigenvalue weighted by atomic mass is 10.2. The maximum absolute atomic E-state index is 11.5. The van der Waals surface area contributed by atoms with Crippen molar-refractivity contribution in [1.82, 2.24) is 10.3 Å². The summed E-state index contributed by atoms with van der Waals surface area (Å²) in [5.74, 6) is 5.69. The quantitative estimate of drug-likeness (QED) is 0.450. The summed E-state index contributed by atoms with van der Waals surface area (Å²) in [7, 11) is 3.36. The molecule has 3 N–H and O–H groups in total. The van der Waals surface area contributed by atoms with Gasteiger partial charge in [0.25, 0.3) is 0 Å². The summed E-state index contributed by atoms with van der Waals surface area (Å²) in [5.41, 5.74) is 2.85. The summed E-state index contributed by atoms with van der Waals surface area (Å²) < 4.78 is 16.3. The highest BCUT2D eigenvalue weighted by atomic mass is 16.5. The van der Waals surface area contributed by atoms with Crippen LogP contribution in [0.4, 0.5) is 0 Å². The lowest BCUT2D eigenvalue weighted by molar-refractivity contribution is -0.00461. The smallest absolute Gasteiger partial charge is 0.301 e. The molecule has 0 bridgehead atoms. The van der Waals surface area contributed by atoms with Gasteiger partial charge in [-0.25, -0.2) is 5.84 Å². The Morgan fingerprint density at radius 1 is 1.45 bits per heavy atom. The number of nitrogen functional groups attached to an aromatic ring is 1. The number of furan rings is 1. The van der Waals surface area contributed by atoms with Gasteiger partial charge in [-0.2, -0.15) is 0 Å². The minimum Gasteiger partial charge on any atom is -0.454 e. The van der Waals surface area contributed by atoms with E-state index < -0.39 is 5.91 Å². The highest BCUT2D eigenvalue weighted by Gasteiger charge is 2.33. The molecule has 0 aromatic carbocycles. The van der Waals surface area contributed by atoms with Crippen molar-refractivity contribution in [2.75, 3.05) is 27.3 Å². The van der Waals surface area contributed by atoms with E-state index in [1.54, 1.807) is 14.2 Å². The number of nitrogens with zero attached hydrogens (tertiary/aromatic N) is 1. The number of nitrogens with one attached hydrogen (secondary N) is 1. The average molecular weight is 283 g/mol. The lowest BCUT2D eigenvalue weighted by Crippen LogP contribution is -2.30. The van der Waals surface area contributed by atoms with Crippen molar-refractivity contribution in [3.63, 3.8) is 0 Å². The SMILES string of the molecule is COC1CN(Cc2cc(C)c(C(=O)NN)o2)CC1OC. The second-order valence-electron chi connectivity index (χ2n) is 4.94. The third kappa shape index (κ3) is 3.01. The van der Waals surface area contributed by atoms with E-state index >= 15 is 0 Å². The molecule has 2 rings (SSSR count). The molecule has 1 aliphatic heterocycles. The largest absolute Gasteiger partial charge is 0.454 e. The van der Waals surface area contributed by atoms with Crippen LogP contribution in [0.2, 0.25) is 0 Å². The minimum atomic E-state index is -0.417. The number of likely N-dealkylation sites (tertiary alicyclic amines) is 1. The van der Waals surface area contributed by atoms with Gasteiger partial charge < -0.3 is 13.9 Å². The monoisotopic (exact) mass is 283 g/mol. The third-order valence-corrected chi connectivity index (χ3v) is 3.58. The molecule has 20 heavy (non-hydrogen) atoms. The van der Waals surface area contributed by atoms with Gasteiger partial charge in [0.2, 0.25) is 0 Å². The zero-order chi connectivity index (χ0) is 14.7. The Balaban J connectivity index is 2.03. The number of amides is 1. The average Bonchev–Trinajstić information content (AvgIpc) is 3.01. The van der Waals surface area contributed by atoms with Crippen LogP contribution in [0.15, 0.2) is 10.5 Å². The Kier molecular flexibility index (Phi) is 4.77. The van der Waals surface area contributed by atoms with Crippen LogP contribution in [-0.2, 0) is 16.0 Å². The maximum Gasteiger partial charge on any atom is 0.301 e. The van der Waals surface area contributed by atoms with Gasteiger partial charge in [0.1, 0.15) is 5.76 Å². The standard InChI is InChI=1S/C13H21N3O4/c1-8-4-9(20-12(8)13(17)15-14)5-16-6-10(18-2)11(7-16)19-3/h4,10-11H,5-7,14H2,1-3H3,(H,15,17). The predicted molar refractivity (Wildman–Crippen MR) is 72.0 cm³/mol. The molecule has 0 radical (unpaired) electrons. The summed E-state index contributed by atoms with van der Waals surface area (Å²) >= 11 is 0. The Hall–Kier alpha value is -1.41. The summed E-state index contributed by atoms with van der Waals surface area (Å²) in [4.78, 5) is 13.7. The Labute approximate surface area is 118 Å². The number of ether oxygens (including phenoxy) is 2. The molecule has 7 nitrogen and oxygen atoms in total. The third-order valence-electron chi connectivity index (χ3n) is 3.58. The van der Waals surface area contributed by atoms with Crippen molar-refractivity contribution in [2.45, 2.75) is 25.7 Å². The second kappa shape index (κ2) is 6.36. The van der Waals surface area contributed by atoms with Gasteiger partial charge in [-0.15, -0.1) is 0 Å². The molecule has 1 amide bonds. The molecule has 1 fully saturated rings. The fourth-order valence-electron chi connectivity index (χ4n) is 2.54. The van der Waals surface area contributed by atoms with E-state index in [1.807, 2.05) is 13.0 Å². The fraction of sp³-hybridized carbons (Fsp3) is 0.615. The number of rotatable bonds is 5. The van der Waals surface area contributed by atoms with Crippen LogP contribution in [0.1, 0.15) is 21.9 Å². The van der Waals surface area contributed by atoms with Gasteiger partial charge in [0, 0.05) is 32.9 Å². The van der Waals surface area contributed by atoms with Gasteiger partial charge in [0.05, 0.1) is 18.8 Å². The molecule has 1 aliphatic rings. The number of nitrogens with two attached hydrogens (primary N) is 1. The Bertz CT molecular complexity index is 462. The zero-order valence-electron chi connectivity index (χ0n) is 12.0. The minimum absolute atomic E-state index is 0.0582. The first-order valence-corrected chi connectivity index (χ1v) is 6.47. The number of hydrazine groups is 1. The van der Waals surface area contributed by atoms with Crippen LogP contribution in [0.3, 0.4) is 0 Å². The number of carbonyl (C=O) groups excluding carboxylic acids is 1. The Morgan fingerprint density at radius 3 is 2.55 bits per heavy atom.